The van der Waals surface area contributed by atoms with E-state index in [9.17, 15) is 24.0 Å². The predicted molar refractivity (Wildman–Crippen MR) is 581 cm³/mol. The molecule has 16 rings (SSSR count). The van der Waals surface area contributed by atoms with Crippen LogP contribution < -0.4 is 34.4 Å². The van der Waals surface area contributed by atoms with E-state index in [1.165, 1.54) is 56.7 Å². The number of benzene rings is 16. The second kappa shape index (κ2) is 51.0. The van der Waals surface area contributed by atoms with E-state index in [1.807, 2.05) is 72.8 Å². The molecule has 16 heteroatoms. The van der Waals surface area contributed by atoms with Gasteiger partial charge in [-0.1, -0.05) is 284 Å². The number of hydrogen-bond donors (Lipinski definition) is 1. The maximum atomic E-state index is 11.6. The summed E-state index contributed by atoms with van der Waals surface area (Å²) in [6.45, 7) is 34.5. The fourth-order valence-electron chi connectivity index (χ4n) is 15.3. The fourth-order valence-corrected chi connectivity index (χ4v) is 15.3. The number of esters is 4. The van der Waals surface area contributed by atoms with Crippen LogP contribution in [-0.4, -0.2) is 68.9 Å². The molecule has 1 atom stereocenters. The second-order valence-corrected chi connectivity index (χ2v) is 34.0. The van der Waals surface area contributed by atoms with Crippen LogP contribution in [-0.2, 0) is 49.3 Å². The highest BCUT2D eigenvalue weighted by Crippen LogP contribution is 2.42. The Kier molecular flexibility index (Phi) is 36.5. The van der Waals surface area contributed by atoms with Gasteiger partial charge in [-0.25, -0.2) is 19.2 Å². The molecule has 16 aromatic carbocycles. The molecule has 0 bridgehead atoms. The average molecular weight is 1880 g/mol. The quantitative estimate of drug-likeness (QED) is 0.0172. The number of aryl methyl sites for hydroxylation is 8. The molecule has 0 radical (unpaired) electrons. The Morgan fingerprint density at radius 3 is 0.711 bits per heavy atom. The molecule has 0 saturated carbocycles. The number of ether oxygens (including phenoxy) is 6. The van der Waals surface area contributed by atoms with E-state index in [1.54, 1.807) is 0 Å². The molecule has 142 heavy (non-hydrogen) atoms. The maximum Gasteiger partial charge on any atom is 0.330 e. The third kappa shape index (κ3) is 29.5. The molecule has 0 heterocycles. The summed E-state index contributed by atoms with van der Waals surface area (Å²) in [5.74, 6) is -0.974. The van der Waals surface area contributed by atoms with Crippen molar-refractivity contribution in [2.24, 2.45) is 0 Å². The first-order valence-electron chi connectivity index (χ1n) is 46.9. The highest BCUT2D eigenvalue weighted by Gasteiger charge is 2.21. The van der Waals surface area contributed by atoms with E-state index in [4.69, 9.17) is 28.4 Å². The van der Waals surface area contributed by atoms with Gasteiger partial charge in [-0.3, -0.25) is 4.79 Å². The normalized spacial score (nSPS) is 10.7. The minimum absolute atomic E-state index is 0.00586. The zero-order valence-electron chi connectivity index (χ0n) is 81.5. The van der Waals surface area contributed by atoms with E-state index in [2.05, 4.69) is 429 Å². The lowest BCUT2D eigenvalue weighted by Gasteiger charge is -2.26. The molecule has 0 spiro atoms. The molecule has 0 aromatic heterocycles. The molecule has 16 aromatic rings. The van der Waals surface area contributed by atoms with Gasteiger partial charge in [0, 0.05) is 105 Å². The Bertz CT molecular complexity index is 6680. The monoisotopic (exact) mass is 1880 g/mol. The Hall–Kier alpha value is -17.6. The van der Waals surface area contributed by atoms with E-state index >= 15 is 0 Å². The van der Waals surface area contributed by atoms with Crippen LogP contribution in [0.3, 0.4) is 0 Å². The number of carbonyl (C=O) groups is 5. The van der Waals surface area contributed by atoms with Crippen LogP contribution in [0.15, 0.2) is 452 Å². The summed E-state index contributed by atoms with van der Waals surface area (Å²) in [5, 5.41) is 2.77. The number of amides is 1. The molecular formula is C126H117N5O11. The molecule has 0 aliphatic carbocycles. The van der Waals surface area contributed by atoms with Gasteiger partial charge in [0.25, 0.3) is 0 Å². The summed E-state index contributed by atoms with van der Waals surface area (Å²) in [5.41, 5.74) is 33.8. The minimum atomic E-state index is -0.790. The van der Waals surface area contributed by atoms with E-state index in [0.717, 1.165) is 148 Å². The molecule has 712 valence electrons. The number of rotatable bonds is 35. The van der Waals surface area contributed by atoms with E-state index in [0.29, 0.717) is 25.4 Å². The first kappa shape index (κ1) is 102. The Morgan fingerprint density at radius 2 is 0.458 bits per heavy atom. The molecule has 1 amide bonds. The largest absolute Gasteiger partial charge is 0.490 e. The van der Waals surface area contributed by atoms with Crippen molar-refractivity contribution in [3.63, 3.8) is 0 Å². The molecule has 0 aliphatic heterocycles. The van der Waals surface area contributed by atoms with Crippen LogP contribution in [0.1, 0.15) is 50.1 Å². The van der Waals surface area contributed by atoms with Gasteiger partial charge in [0.05, 0.1) is 6.61 Å². The minimum Gasteiger partial charge on any atom is -0.490 e. The number of carbonyl (C=O) groups excluding carboxylic acids is 5. The van der Waals surface area contributed by atoms with Gasteiger partial charge in [-0.2, -0.15) is 0 Å². The third-order valence-corrected chi connectivity index (χ3v) is 23.2. The number of nitrogens with one attached hydrogen (secondary N) is 1. The fraction of sp³-hybridized carbons (Fsp3) is 0.119. The molecule has 16 nitrogen and oxygen atoms in total. The Morgan fingerprint density at radius 1 is 0.239 bits per heavy atom. The van der Waals surface area contributed by atoms with Crippen molar-refractivity contribution in [2.45, 2.75) is 67.9 Å². The van der Waals surface area contributed by atoms with Gasteiger partial charge in [0.2, 0.25) is 5.91 Å². The highest BCUT2D eigenvalue weighted by molar-refractivity contribution is 5.99. The van der Waals surface area contributed by atoms with Crippen molar-refractivity contribution in [3.8, 4) is 56.0 Å². The van der Waals surface area contributed by atoms with Crippen LogP contribution in [0.25, 0.3) is 44.5 Å². The summed E-state index contributed by atoms with van der Waals surface area (Å²) >= 11 is 0. The van der Waals surface area contributed by atoms with Crippen LogP contribution in [0, 0.1) is 55.4 Å². The smallest absolute Gasteiger partial charge is 0.330 e. The molecule has 0 aliphatic rings. The van der Waals surface area contributed by atoms with Crippen molar-refractivity contribution in [2.75, 3.05) is 58.0 Å². The number of anilines is 13. The molecular weight excluding hydrogens is 1760 g/mol. The average Bonchev–Trinajstić information content (AvgIpc) is 0.811. The van der Waals surface area contributed by atoms with Crippen LogP contribution >= 0.6 is 0 Å². The first-order chi connectivity index (χ1) is 68.9. The predicted octanol–water partition coefficient (Wildman–Crippen LogP) is 30.5. The lowest BCUT2D eigenvalue weighted by atomic mass is 10.0. The van der Waals surface area contributed by atoms with Crippen molar-refractivity contribution < 1.29 is 52.4 Å². The zero-order chi connectivity index (χ0) is 100. The van der Waals surface area contributed by atoms with Crippen molar-refractivity contribution in [3.05, 3.63) is 502 Å². The molecule has 0 saturated heterocycles. The van der Waals surface area contributed by atoms with Gasteiger partial charge >= 0.3 is 23.9 Å². The van der Waals surface area contributed by atoms with Crippen LogP contribution in [0.4, 0.5) is 73.9 Å². The van der Waals surface area contributed by atoms with Crippen molar-refractivity contribution in [1.29, 1.82) is 0 Å². The number of nitrogens with zero attached hydrogens (tertiary/aromatic N) is 4. The van der Waals surface area contributed by atoms with Crippen LogP contribution in [0.2, 0.25) is 0 Å². The highest BCUT2D eigenvalue weighted by atomic mass is 16.6. The second-order valence-electron chi connectivity index (χ2n) is 34.0. The molecule has 1 N–H and O–H groups in total. The molecule has 1 unspecified atom stereocenters. The Labute approximate surface area is 834 Å². The van der Waals surface area contributed by atoms with Crippen molar-refractivity contribution in [1.82, 2.24) is 0 Å². The lowest BCUT2D eigenvalue weighted by molar-refractivity contribution is -0.154. The van der Waals surface area contributed by atoms with E-state index in [-0.39, 0.29) is 31.7 Å². The standard InChI is InChI=1S/C35H33NO5.C31H29NO3.C31H29NO2.C29H26N2O/c1-5-34(37)40-24-33(41-35(38)6-2)23-39-32-21-13-28(14-22-32)27-11-19-31(20-12-27)36(29-15-7-25(3)8-16-29)30-17-9-26(4)10-18-30;1-4-31(33)35-22-21-34-30-19-11-26(12-20-30)25-9-17-29(18-10-25)32(27-13-5-23(2)6-14-27)28-15-7-24(3)8-16-28;1-4-31(33)34-22-21-25-9-11-26(12-10-25)27-13-19-30(20-14-27)32(28-15-5-23(2)6-16-28)29-17-7-24(3)8-18-29;1-4-29(32)30-25-13-9-23(10-14-25)24-11-19-28(20-12-24)31(26-15-5-21(2)6-16-26)27-17-7-22(3)8-18-27/h5-22,33H,1-2,23-24H2,3-4H3;4-20H,1,21-22H2,2-3H3;4-20H,1,21-22H2,2-3H3;4-20H,1H2,2-3H3,(H,30,32). The van der Waals surface area contributed by atoms with Gasteiger partial charge < -0.3 is 53.3 Å². The summed E-state index contributed by atoms with van der Waals surface area (Å²) in [7, 11) is 0. The summed E-state index contributed by atoms with van der Waals surface area (Å²) < 4.78 is 31.7. The Balaban J connectivity index is 0.000000160. The SMILES string of the molecule is C=CC(=O)Nc1ccc(-c2ccc(N(c3ccc(C)cc3)c3ccc(C)cc3)cc2)cc1.C=CC(=O)OCC(COc1ccc(-c2ccc(N(c3ccc(C)cc3)c3ccc(C)cc3)cc2)cc1)OC(=O)C=C.C=CC(=O)OCCOc1ccc(-c2ccc(N(c3ccc(C)cc3)c3ccc(C)cc3)cc2)cc1.C=CC(=O)OCCc1ccc(-c2ccc(N(c3ccc(C)cc3)c3ccc(C)cc3)cc2)cc1. The summed E-state index contributed by atoms with van der Waals surface area (Å²) in [6.07, 6.45) is 5.57. The number of hydrogen-bond acceptors (Lipinski definition) is 15. The van der Waals surface area contributed by atoms with Gasteiger partial charge in [0.15, 0.2) is 6.10 Å². The lowest BCUT2D eigenvalue weighted by Crippen LogP contribution is -2.30. The third-order valence-electron chi connectivity index (χ3n) is 23.2. The summed E-state index contributed by atoms with van der Waals surface area (Å²) in [6, 6.07) is 134. The van der Waals surface area contributed by atoms with Gasteiger partial charge in [-0.15, -0.1) is 0 Å². The molecule has 0 fully saturated rings. The van der Waals surface area contributed by atoms with Gasteiger partial charge in [-0.05, 0) is 294 Å². The van der Waals surface area contributed by atoms with Crippen LogP contribution in [0.5, 0.6) is 11.5 Å². The first-order valence-corrected chi connectivity index (χ1v) is 46.9. The van der Waals surface area contributed by atoms with Gasteiger partial charge in [0.1, 0.15) is 37.9 Å². The zero-order valence-corrected chi connectivity index (χ0v) is 81.5. The topological polar surface area (TPSA) is 166 Å². The maximum absolute atomic E-state index is 11.6. The van der Waals surface area contributed by atoms with Crippen molar-refractivity contribution >= 4 is 104 Å². The van der Waals surface area contributed by atoms with E-state index < -0.39 is 24.0 Å². The summed E-state index contributed by atoms with van der Waals surface area (Å²) in [4.78, 5) is 65.8.